The third-order valence-corrected chi connectivity index (χ3v) is 3.43. The molecule has 4 heteroatoms. The van der Waals surface area contributed by atoms with Crippen molar-refractivity contribution in [2.45, 2.75) is 6.42 Å². The fourth-order valence-corrected chi connectivity index (χ4v) is 2.42. The number of benzodiazepines with no additional fused rings is 1. The zero-order chi connectivity index (χ0) is 13.9. The number of aliphatic imine (C=N–C) groups is 1. The van der Waals surface area contributed by atoms with Crippen molar-refractivity contribution in [3.05, 3.63) is 64.7 Å². The number of rotatable bonds is 2. The molecule has 2 aromatic carbocycles. The maximum atomic E-state index is 11.7. The smallest absolute Gasteiger partial charge is 0.246 e. The van der Waals surface area contributed by atoms with Gasteiger partial charge in [0.1, 0.15) is 6.54 Å². The fourth-order valence-electron chi connectivity index (χ4n) is 2.25. The number of benzene rings is 2. The first-order valence-electron chi connectivity index (χ1n) is 6.39. The van der Waals surface area contributed by atoms with Gasteiger partial charge in [-0.1, -0.05) is 41.9 Å². The minimum absolute atomic E-state index is 0.100. The van der Waals surface area contributed by atoms with Crippen LogP contribution in [-0.4, -0.2) is 18.2 Å². The SMILES string of the molecule is O=C1CN=C(Cc2ccccc2)c2cc(Cl)ccc2N1. The number of amides is 1. The number of halogens is 1. The standard InChI is InChI=1S/C16H13ClN2O/c17-12-6-7-14-13(9-12)15(18-10-16(20)19-14)8-11-4-2-1-3-5-11/h1-7,9H,8,10H2,(H,19,20). The zero-order valence-electron chi connectivity index (χ0n) is 10.8. The van der Waals surface area contributed by atoms with Gasteiger partial charge in [0.05, 0.1) is 0 Å². The third kappa shape index (κ3) is 2.73. The summed E-state index contributed by atoms with van der Waals surface area (Å²) in [5.74, 6) is -0.100. The van der Waals surface area contributed by atoms with E-state index >= 15 is 0 Å². The van der Waals surface area contributed by atoms with E-state index in [2.05, 4.69) is 10.3 Å². The molecule has 3 nitrogen and oxygen atoms in total. The Labute approximate surface area is 122 Å². The van der Waals surface area contributed by atoms with E-state index in [1.54, 1.807) is 6.07 Å². The molecule has 20 heavy (non-hydrogen) atoms. The second kappa shape index (κ2) is 5.47. The summed E-state index contributed by atoms with van der Waals surface area (Å²) in [5.41, 5.74) is 3.71. The molecule has 0 spiro atoms. The highest BCUT2D eigenvalue weighted by molar-refractivity contribution is 6.31. The van der Waals surface area contributed by atoms with E-state index in [4.69, 9.17) is 11.6 Å². The number of hydrogen-bond acceptors (Lipinski definition) is 2. The first kappa shape index (κ1) is 12.9. The van der Waals surface area contributed by atoms with Gasteiger partial charge in [-0.2, -0.15) is 0 Å². The van der Waals surface area contributed by atoms with Crippen LogP contribution < -0.4 is 5.32 Å². The zero-order valence-corrected chi connectivity index (χ0v) is 11.5. The van der Waals surface area contributed by atoms with Crippen molar-refractivity contribution in [1.29, 1.82) is 0 Å². The second-order valence-electron chi connectivity index (χ2n) is 4.66. The molecule has 0 saturated carbocycles. The summed E-state index contributed by atoms with van der Waals surface area (Å²) in [6, 6.07) is 15.5. The lowest BCUT2D eigenvalue weighted by Crippen LogP contribution is -2.13. The van der Waals surface area contributed by atoms with Gasteiger partial charge < -0.3 is 5.32 Å². The average molecular weight is 285 g/mol. The fraction of sp³-hybridized carbons (Fsp3) is 0.125. The van der Waals surface area contributed by atoms with Crippen LogP contribution in [0.15, 0.2) is 53.5 Å². The lowest BCUT2D eigenvalue weighted by atomic mass is 10.0. The highest BCUT2D eigenvalue weighted by Crippen LogP contribution is 2.24. The molecule has 1 heterocycles. The summed E-state index contributed by atoms with van der Waals surface area (Å²) in [6.07, 6.45) is 0.684. The van der Waals surface area contributed by atoms with Gasteiger partial charge >= 0.3 is 0 Å². The van der Waals surface area contributed by atoms with E-state index in [1.165, 1.54) is 0 Å². The molecule has 1 amide bonds. The minimum Gasteiger partial charge on any atom is -0.324 e. The van der Waals surface area contributed by atoms with Gasteiger partial charge in [-0.3, -0.25) is 9.79 Å². The minimum atomic E-state index is -0.100. The van der Waals surface area contributed by atoms with Crippen LogP contribution in [-0.2, 0) is 11.2 Å². The third-order valence-electron chi connectivity index (χ3n) is 3.19. The van der Waals surface area contributed by atoms with Crippen molar-refractivity contribution >= 4 is 28.9 Å². The van der Waals surface area contributed by atoms with E-state index < -0.39 is 0 Å². The molecule has 0 bridgehead atoms. The van der Waals surface area contributed by atoms with E-state index in [1.807, 2.05) is 42.5 Å². The number of carbonyl (C=O) groups excluding carboxylic acids is 1. The second-order valence-corrected chi connectivity index (χ2v) is 5.10. The molecule has 3 rings (SSSR count). The van der Waals surface area contributed by atoms with Gasteiger partial charge in [-0.15, -0.1) is 0 Å². The van der Waals surface area contributed by atoms with Gasteiger partial charge in [0, 0.05) is 28.4 Å². The summed E-state index contributed by atoms with van der Waals surface area (Å²) >= 11 is 6.07. The maximum Gasteiger partial charge on any atom is 0.246 e. The highest BCUT2D eigenvalue weighted by atomic mass is 35.5. The molecule has 0 fully saturated rings. The number of carbonyl (C=O) groups is 1. The number of fused-ring (bicyclic) bond motifs is 1. The first-order chi connectivity index (χ1) is 9.72. The molecule has 0 aliphatic carbocycles. The molecule has 0 radical (unpaired) electrons. The number of nitrogens with one attached hydrogen (secondary N) is 1. The van der Waals surface area contributed by atoms with Crippen LogP contribution in [0.3, 0.4) is 0 Å². The quantitative estimate of drug-likeness (QED) is 0.903. The van der Waals surface area contributed by atoms with E-state index in [9.17, 15) is 4.79 Å². The molecule has 0 saturated heterocycles. The monoisotopic (exact) mass is 284 g/mol. The largest absolute Gasteiger partial charge is 0.324 e. The molecule has 100 valence electrons. The van der Waals surface area contributed by atoms with Crippen LogP contribution in [0.1, 0.15) is 11.1 Å². The van der Waals surface area contributed by atoms with Crippen molar-refractivity contribution in [3.63, 3.8) is 0 Å². The molecule has 0 aromatic heterocycles. The van der Waals surface area contributed by atoms with E-state index in [0.717, 1.165) is 22.5 Å². The van der Waals surface area contributed by atoms with Crippen molar-refractivity contribution < 1.29 is 4.79 Å². The van der Waals surface area contributed by atoms with Crippen LogP contribution in [0.2, 0.25) is 5.02 Å². The maximum absolute atomic E-state index is 11.7. The van der Waals surface area contributed by atoms with Gasteiger partial charge in [0.15, 0.2) is 0 Å². The number of hydrogen-bond donors (Lipinski definition) is 1. The summed E-state index contributed by atoms with van der Waals surface area (Å²) in [5, 5.41) is 3.49. The van der Waals surface area contributed by atoms with Crippen molar-refractivity contribution in [3.8, 4) is 0 Å². The normalized spacial score (nSPS) is 14.1. The Hall–Kier alpha value is -2.13. The Balaban J connectivity index is 2.02. The van der Waals surface area contributed by atoms with Crippen LogP contribution in [0.4, 0.5) is 5.69 Å². The summed E-state index contributed by atoms with van der Waals surface area (Å²) in [6.45, 7) is 0.147. The topological polar surface area (TPSA) is 41.5 Å². The van der Waals surface area contributed by atoms with Crippen LogP contribution in [0, 0.1) is 0 Å². The molecule has 1 aliphatic rings. The Bertz CT molecular complexity index is 680. The first-order valence-corrected chi connectivity index (χ1v) is 6.77. The molecule has 1 N–H and O–H groups in total. The molecule has 0 unspecified atom stereocenters. The van der Waals surface area contributed by atoms with Gasteiger partial charge in [-0.25, -0.2) is 0 Å². The molecular weight excluding hydrogens is 272 g/mol. The Morgan fingerprint density at radius 1 is 1.15 bits per heavy atom. The molecule has 0 atom stereocenters. The predicted octanol–water partition coefficient (Wildman–Crippen LogP) is 3.32. The predicted molar refractivity (Wildman–Crippen MR) is 81.6 cm³/mol. The summed E-state index contributed by atoms with van der Waals surface area (Å²) in [4.78, 5) is 16.1. The lowest BCUT2D eigenvalue weighted by molar-refractivity contribution is -0.114. The van der Waals surface area contributed by atoms with Crippen molar-refractivity contribution in [2.75, 3.05) is 11.9 Å². The van der Waals surface area contributed by atoms with Gasteiger partial charge in [0.2, 0.25) is 5.91 Å². The Kier molecular flexibility index (Phi) is 3.52. The molecule has 2 aromatic rings. The van der Waals surface area contributed by atoms with Gasteiger partial charge in [-0.05, 0) is 23.8 Å². The van der Waals surface area contributed by atoms with E-state index in [0.29, 0.717) is 11.4 Å². The summed E-state index contributed by atoms with van der Waals surface area (Å²) < 4.78 is 0. The van der Waals surface area contributed by atoms with E-state index in [-0.39, 0.29) is 12.5 Å². The Morgan fingerprint density at radius 2 is 1.95 bits per heavy atom. The van der Waals surface area contributed by atoms with Gasteiger partial charge in [0.25, 0.3) is 0 Å². The number of nitrogens with zero attached hydrogens (tertiary/aromatic N) is 1. The lowest BCUT2D eigenvalue weighted by Gasteiger charge is -2.10. The molecule has 1 aliphatic heterocycles. The van der Waals surface area contributed by atoms with Crippen molar-refractivity contribution in [2.24, 2.45) is 4.99 Å². The highest BCUT2D eigenvalue weighted by Gasteiger charge is 2.17. The van der Waals surface area contributed by atoms with Crippen LogP contribution in [0.5, 0.6) is 0 Å². The summed E-state index contributed by atoms with van der Waals surface area (Å²) in [7, 11) is 0. The number of anilines is 1. The Morgan fingerprint density at radius 3 is 2.75 bits per heavy atom. The molecular formula is C16H13ClN2O. The van der Waals surface area contributed by atoms with Crippen LogP contribution >= 0.6 is 11.6 Å². The van der Waals surface area contributed by atoms with Crippen molar-refractivity contribution in [1.82, 2.24) is 0 Å². The average Bonchev–Trinajstić information content (AvgIpc) is 2.60. The van der Waals surface area contributed by atoms with Crippen LogP contribution in [0.25, 0.3) is 0 Å².